The molecule has 0 saturated carbocycles. The van der Waals surface area contributed by atoms with Gasteiger partial charge in [-0.05, 0) is 52.3 Å². The molecule has 0 aliphatic rings. The third-order valence-corrected chi connectivity index (χ3v) is 4.29. The van der Waals surface area contributed by atoms with Crippen molar-refractivity contribution in [2.75, 3.05) is 5.32 Å². The number of nitrogens with zero attached hydrogens (tertiary/aromatic N) is 2. The molecule has 0 atom stereocenters. The Bertz CT molecular complexity index is 1080. The third-order valence-electron chi connectivity index (χ3n) is 3.53. The summed E-state index contributed by atoms with van der Waals surface area (Å²) in [7, 11) is 0. The van der Waals surface area contributed by atoms with Crippen molar-refractivity contribution in [2.45, 2.75) is 0 Å². The van der Waals surface area contributed by atoms with Crippen LogP contribution in [0.5, 0.6) is 0 Å². The Balaban J connectivity index is 1.70. The van der Waals surface area contributed by atoms with Gasteiger partial charge in [0.1, 0.15) is 5.82 Å². The molecule has 25 heavy (non-hydrogen) atoms. The molecule has 0 aliphatic carbocycles. The van der Waals surface area contributed by atoms with Crippen molar-refractivity contribution in [1.82, 2.24) is 15.0 Å². The van der Waals surface area contributed by atoms with E-state index in [9.17, 15) is 4.79 Å². The number of hydrogen-bond donors (Lipinski definition) is 2. The fourth-order valence-electron chi connectivity index (χ4n) is 2.39. The van der Waals surface area contributed by atoms with Crippen molar-refractivity contribution < 1.29 is 9.21 Å². The molecule has 6 nitrogen and oxygen atoms in total. The number of halogens is 2. The van der Waals surface area contributed by atoms with Gasteiger partial charge >= 0.3 is 0 Å². The van der Waals surface area contributed by atoms with E-state index in [-0.39, 0.29) is 11.7 Å². The summed E-state index contributed by atoms with van der Waals surface area (Å²) in [6, 6.07) is 10.3. The number of anilines is 1. The van der Waals surface area contributed by atoms with Gasteiger partial charge in [0.05, 0.1) is 16.8 Å². The molecule has 4 aromatic rings. The highest BCUT2D eigenvalue weighted by molar-refractivity contribution is 9.10. The minimum absolute atomic E-state index is 0.231. The fraction of sp³-hybridized carbons (Fsp3) is 0. The summed E-state index contributed by atoms with van der Waals surface area (Å²) in [6.45, 7) is 0. The smallest absolute Gasteiger partial charge is 0.291 e. The Kier molecular flexibility index (Phi) is 4.03. The van der Waals surface area contributed by atoms with Crippen molar-refractivity contribution in [3.63, 3.8) is 0 Å². The molecule has 0 spiro atoms. The second-order valence-corrected chi connectivity index (χ2v) is 6.56. The Morgan fingerprint density at radius 3 is 2.96 bits per heavy atom. The number of carbonyl (C=O) groups is 1. The number of H-pyrrole nitrogens is 1. The molecule has 0 fully saturated rings. The lowest BCUT2D eigenvalue weighted by molar-refractivity contribution is 0.0996. The van der Waals surface area contributed by atoms with Crippen LogP contribution in [0.1, 0.15) is 10.6 Å². The first-order chi connectivity index (χ1) is 12.1. The number of pyridine rings is 1. The van der Waals surface area contributed by atoms with Crippen molar-refractivity contribution in [1.29, 1.82) is 0 Å². The van der Waals surface area contributed by atoms with Crippen LogP contribution >= 0.6 is 27.5 Å². The number of carbonyl (C=O) groups excluding carboxylic acids is 1. The van der Waals surface area contributed by atoms with E-state index >= 15 is 0 Å². The number of hydrogen-bond acceptors (Lipinski definition) is 4. The van der Waals surface area contributed by atoms with Crippen molar-refractivity contribution in [3.8, 4) is 11.4 Å². The molecule has 2 N–H and O–H groups in total. The lowest BCUT2D eigenvalue weighted by Crippen LogP contribution is -2.10. The zero-order chi connectivity index (χ0) is 17.4. The lowest BCUT2D eigenvalue weighted by Gasteiger charge is -2.07. The summed E-state index contributed by atoms with van der Waals surface area (Å²) in [5.41, 5.74) is 2.60. The van der Waals surface area contributed by atoms with Gasteiger partial charge in [-0.15, -0.1) is 0 Å². The van der Waals surface area contributed by atoms with Crippen LogP contribution in [-0.4, -0.2) is 20.9 Å². The van der Waals surface area contributed by atoms with E-state index in [2.05, 4.69) is 36.2 Å². The maximum absolute atomic E-state index is 12.1. The van der Waals surface area contributed by atoms with Crippen LogP contribution in [0.15, 0.2) is 57.7 Å². The van der Waals surface area contributed by atoms with Gasteiger partial charge in [0.15, 0.2) is 11.4 Å². The molecule has 3 aromatic heterocycles. The molecule has 3 heterocycles. The lowest BCUT2D eigenvalue weighted by atomic mass is 10.2. The zero-order valence-electron chi connectivity index (χ0n) is 12.6. The Morgan fingerprint density at radius 1 is 1.28 bits per heavy atom. The first-order valence-electron chi connectivity index (χ1n) is 7.26. The molecule has 0 radical (unpaired) electrons. The Morgan fingerprint density at radius 2 is 2.16 bits per heavy atom. The Labute approximate surface area is 155 Å². The third kappa shape index (κ3) is 3.16. The standard InChI is InChI=1S/C17H10BrClN4O2/c18-9-6-13-16(20-8-9)23-15(22-13)11-7-10(3-4-12(11)19)21-17(24)14-2-1-5-25-14/h1-8H,(H,21,24)(H,20,22,23). The van der Waals surface area contributed by atoms with E-state index in [1.807, 2.05) is 6.07 Å². The molecule has 0 bridgehead atoms. The summed E-state index contributed by atoms with van der Waals surface area (Å²) in [6.07, 6.45) is 3.12. The SMILES string of the molecule is O=C(Nc1ccc(Cl)c(-c2nc3ncc(Br)cc3[nH]2)c1)c1ccco1. The van der Waals surface area contributed by atoms with Gasteiger partial charge < -0.3 is 14.7 Å². The van der Waals surface area contributed by atoms with Gasteiger partial charge in [-0.1, -0.05) is 11.6 Å². The van der Waals surface area contributed by atoms with Gasteiger partial charge in [-0.2, -0.15) is 0 Å². The van der Waals surface area contributed by atoms with Crippen LogP contribution in [0.2, 0.25) is 5.02 Å². The molecule has 0 aliphatic heterocycles. The molecular formula is C17H10BrClN4O2. The highest BCUT2D eigenvalue weighted by atomic mass is 79.9. The van der Waals surface area contributed by atoms with Crippen LogP contribution in [0, 0.1) is 0 Å². The Hall–Kier alpha value is -2.64. The van der Waals surface area contributed by atoms with Crippen molar-refractivity contribution in [2.24, 2.45) is 0 Å². The van der Waals surface area contributed by atoms with Crippen molar-refractivity contribution >= 4 is 50.3 Å². The van der Waals surface area contributed by atoms with Crippen LogP contribution in [0.4, 0.5) is 5.69 Å². The highest BCUT2D eigenvalue weighted by Gasteiger charge is 2.13. The number of furan rings is 1. The van der Waals surface area contributed by atoms with E-state index in [0.29, 0.717) is 27.7 Å². The average Bonchev–Trinajstić information content (AvgIpc) is 3.25. The zero-order valence-corrected chi connectivity index (χ0v) is 14.9. The predicted molar refractivity (Wildman–Crippen MR) is 98.7 cm³/mol. The quantitative estimate of drug-likeness (QED) is 0.497. The summed E-state index contributed by atoms with van der Waals surface area (Å²) in [5.74, 6) is 0.461. The largest absolute Gasteiger partial charge is 0.459 e. The number of fused-ring (bicyclic) bond motifs is 1. The molecule has 124 valence electrons. The molecule has 0 unspecified atom stereocenters. The van der Waals surface area contributed by atoms with Crippen LogP contribution in [-0.2, 0) is 0 Å². The molecular weight excluding hydrogens is 408 g/mol. The second kappa shape index (κ2) is 6.34. The summed E-state index contributed by atoms with van der Waals surface area (Å²) in [5, 5.41) is 3.28. The number of aromatic amines is 1. The van der Waals surface area contributed by atoms with Crippen LogP contribution < -0.4 is 5.32 Å². The van der Waals surface area contributed by atoms with Crippen LogP contribution in [0.3, 0.4) is 0 Å². The topological polar surface area (TPSA) is 83.8 Å². The van der Waals surface area contributed by atoms with E-state index in [1.165, 1.54) is 6.26 Å². The minimum Gasteiger partial charge on any atom is -0.459 e. The second-order valence-electron chi connectivity index (χ2n) is 5.24. The van der Waals surface area contributed by atoms with Crippen molar-refractivity contribution in [3.05, 3.63) is 64.1 Å². The first kappa shape index (κ1) is 15.9. The molecule has 0 saturated heterocycles. The summed E-state index contributed by atoms with van der Waals surface area (Å²) < 4.78 is 5.94. The van der Waals surface area contributed by atoms with Gasteiger partial charge in [-0.3, -0.25) is 4.79 Å². The number of imidazole rings is 1. The number of amides is 1. The van der Waals surface area contributed by atoms with E-state index in [1.54, 1.807) is 36.5 Å². The van der Waals surface area contributed by atoms with Gasteiger partial charge in [-0.25, -0.2) is 9.97 Å². The molecule has 8 heteroatoms. The fourth-order valence-corrected chi connectivity index (χ4v) is 2.93. The van der Waals surface area contributed by atoms with Gasteiger partial charge in [0.25, 0.3) is 5.91 Å². The first-order valence-corrected chi connectivity index (χ1v) is 8.43. The normalized spacial score (nSPS) is 11.0. The molecule has 1 amide bonds. The number of rotatable bonds is 3. The minimum atomic E-state index is -0.339. The number of nitrogens with one attached hydrogen (secondary N) is 2. The van der Waals surface area contributed by atoms with E-state index in [0.717, 1.165) is 9.99 Å². The maximum atomic E-state index is 12.1. The average molecular weight is 418 g/mol. The van der Waals surface area contributed by atoms with Crippen LogP contribution in [0.25, 0.3) is 22.6 Å². The monoisotopic (exact) mass is 416 g/mol. The highest BCUT2D eigenvalue weighted by Crippen LogP contribution is 2.30. The van der Waals surface area contributed by atoms with E-state index < -0.39 is 0 Å². The summed E-state index contributed by atoms with van der Waals surface area (Å²) in [4.78, 5) is 24.0. The predicted octanol–water partition coefficient (Wildman–Crippen LogP) is 4.89. The maximum Gasteiger partial charge on any atom is 0.291 e. The summed E-state index contributed by atoms with van der Waals surface area (Å²) >= 11 is 9.68. The number of benzene rings is 1. The van der Waals surface area contributed by atoms with Gasteiger partial charge in [0.2, 0.25) is 0 Å². The molecule has 4 rings (SSSR count). The number of aromatic nitrogens is 3. The molecule has 1 aromatic carbocycles. The van der Waals surface area contributed by atoms with E-state index in [4.69, 9.17) is 16.0 Å². The van der Waals surface area contributed by atoms with Gasteiger partial charge in [0, 0.05) is 21.9 Å².